The van der Waals surface area contributed by atoms with Crippen molar-refractivity contribution in [3.63, 3.8) is 0 Å². The fourth-order valence-corrected chi connectivity index (χ4v) is 1.85. The summed E-state index contributed by atoms with van der Waals surface area (Å²) in [5.41, 5.74) is 2.10. The number of H-pyrrole nitrogens is 1. The molecule has 1 aromatic carbocycles. The van der Waals surface area contributed by atoms with E-state index in [9.17, 15) is 0 Å². The molecule has 1 aromatic heterocycles. The number of halogens is 2. The van der Waals surface area contributed by atoms with E-state index in [1.807, 2.05) is 24.4 Å². The van der Waals surface area contributed by atoms with Crippen LogP contribution in [0.25, 0.3) is 11.3 Å². The maximum atomic E-state index is 5.93. The Morgan fingerprint density at radius 3 is 2.87 bits per heavy atom. The van der Waals surface area contributed by atoms with Crippen molar-refractivity contribution in [2.24, 2.45) is 0 Å². The molecular weight excluding hydrogens is 275 g/mol. The maximum Gasteiger partial charge on any atom is 0.106 e. The molecule has 0 aliphatic heterocycles. The van der Waals surface area contributed by atoms with Crippen molar-refractivity contribution in [2.75, 3.05) is 0 Å². The summed E-state index contributed by atoms with van der Waals surface area (Å²) in [7, 11) is 0. The SMILES string of the molecule is CCc1ncc(-c2ccc(Cl)c(Br)c2)[nH]1. The largest absolute Gasteiger partial charge is 0.342 e. The number of hydrogen-bond donors (Lipinski definition) is 1. The smallest absolute Gasteiger partial charge is 0.106 e. The third-order valence-electron chi connectivity index (χ3n) is 2.19. The fraction of sp³-hybridized carbons (Fsp3) is 0.182. The second-order valence-electron chi connectivity index (χ2n) is 3.23. The summed E-state index contributed by atoms with van der Waals surface area (Å²) in [6.45, 7) is 2.07. The number of benzene rings is 1. The van der Waals surface area contributed by atoms with Gasteiger partial charge in [0, 0.05) is 16.5 Å². The highest BCUT2D eigenvalue weighted by atomic mass is 79.9. The van der Waals surface area contributed by atoms with Crippen molar-refractivity contribution in [1.29, 1.82) is 0 Å². The lowest BCUT2D eigenvalue weighted by atomic mass is 10.2. The van der Waals surface area contributed by atoms with Crippen LogP contribution in [0.15, 0.2) is 28.9 Å². The number of imidazole rings is 1. The fourth-order valence-electron chi connectivity index (χ4n) is 1.35. The van der Waals surface area contributed by atoms with E-state index >= 15 is 0 Å². The van der Waals surface area contributed by atoms with Crippen LogP contribution >= 0.6 is 27.5 Å². The Labute approximate surface area is 102 Å². The maximum absolute atomic E-state index is 5.93. The predicted octanol–water partition coefficient (Wildman–Crippen LogP) is 4.06. The van der Waals surface area contributed by atoms with Gasteiger partial charge in [-0.2, -0.15) is 0 Å². The first-order chi connectivity index (χ1) is 7.20. The molecule has 15 heavy (non-hydrogen) atoms. The van der Waals surface area contributed by atoms with E-state index in [0.29, 0.717) is 5.02 Å². The van der Waals surface area contributed by atoms with E-state index < -0.39 is 0 Å². The Hall–Kier alpha value is -0.800. The van der Waals surface area contributed by atoms with E-state index in [2.05, 4.69) is 32.8 Å². The second kappa shape index (κ2) is 4.37. The summed E-state index contributed by atoms with van der Waals surface area (Å²) in [5.74, 6) is 0.996. The zero-order valence-corrected chi connectivity index (χ0v) is 10.6. The zero-order valence-electron chi connectivity index (χ0n) is 8.22. The first kappa shape index (κ1) is 10.7. The Morgan fingerprint density at radius 1 is 1.47 bits per heavy atom. The van der Waals surface area contributed by atoms with E-state index in [-0.39, 0.29) is 0 Å². The monoisotopic (exact) mass is 284 g/mol. The summed E-state index contributed by atoms with van der Waals surface area (Å²) in [6, 6.07) is 5.82. The van der Waals surface area contributed by atoms with Gasteiger partial charge in [0.2, 0.25) is 0 Å². The average molecular weight is 286 g/mol. The minimum atomic E-state index is 0.717. The average Bonchev–Trinajstić information content (AvgIpc) is 2.70. The first-order valence-corrected chi connectivity index (χ1v) is 5.87. The number of nitrogens with one attached hydrogen (secondary N) is 1. The molecule has 78 valence electrons. The molecule has 2 rings (SSSR count). The van der Waals surface area contributed by atoms with Crippen LogP contribution in [0.2, 0.25) is 5.02 Å². The van der Waals surface area contributed by atoms with E-state index in [4.69, 9.17) is 11.6 Å². The third-order valence-corrected chi connectivity index (χ3v) is 3.41. The van der Waals surface area contributed by atoms with Crippen molar-refractivity contribution < 1.29 is 0 Å². The minimum Gasteiger partial charge on any atom is -0.342 e. The van der Waals surface area contributed by atoms with Crippen molar-refractivity contribution in [3.05, 3.63) is 39.7 Å². The summed E-state index contributed by atoms with van der Waals surface area (Å²) < 4.78 is 0.898. The Bertz CT molecular complexity index is 479. The Morgan fingerprint density at radius 2 is 2.27 bits per heavy atom. The number of rotatable bonds is 2. The van der Waals surface area contributed by atoms with Gasteiger partial charge in [-0.05, 0) is 28.1 Å². The molecule has 0 atom stereocenters. The van der Waals surface area contributed by atoms with Crippen molar-refractivity contribution in [3.8, 4) is 11.3 Å². The third kappa shape index (κ3) is 2.24. The van der Waals surface area contributed by atoms with Crippen molar-refractivity contribution in [2.45, 2.75) is 13.3 Å². The van der Waals surface area contributed by atoms with Crippen LogP contribution in [0.3, 0.4) is 0 Å². The van der Waals surface area contributed by atoms with Gasteiger partial charge < -0.3 is 4.98 Å². The van der Waals surface area contributed by atoms with Crippen LogP contribution in [-0.2, 0) is 6.42 Å². The Kier molecular flexibility index (Phi) is 3.12. The minimum absolute atomic E-state index is 0.717. The molecular formula is C11H10BrClN2. The van der Waals surface area contributed by atoms with Crippen LogP contribution in [0.5, 0.6) is 0 Å². The van der Waals surface area contributed by atoms with Gasteiger partial charge in [0.1, 0.15) is 5.82 Å². The molecule has 0 saturated carbocycles. The predicted molar refractivity (Wildman–Crippen MR) is 66.1 cm³/mol. The topological polar surface area (TPSA) is 28.7 Å². The highest BCUT2D eigenvalue weighted by Gasteiger charge is 2.04. The molecule has 2 aromatic rings. The second-order valence-corrected chi connectivity index (χ2v) is 4.49. The van der Waals surface area contributed by atoms with E-state index in [0.717, 1.165) is 28.0 Å². The van der Waals surface area contributed by atoms with Gasteiger partial charge >= 0.3 is 0 Å². The quantitative estimate of drug-likeness (QED) is 0.886. The summed E-state index contributed by atoms with van der Waals surface area (Å²) >= 11 is 9.33. The Balaban J connectivity index is 2.40. The van der Waals surface area contributed by atoms with Crippen LogP contribution in [0, 0.1) is 0 Å². The number of hydrogen-bond acceptors (Lipinski definition) is 1. The molecule has 1 heterocycles. The van der Waals surface area contributed by atoms with Crippen LogP contribution in [0.1, 0.15) is 12.7 Å². The lowest BCUT2D eigenvalue weighted by Gasteiger charge is -2.00. The lowest BCUT2D eigenvalue weighted by Crippen LogP contribution is -1.82. The summed E-state index contributed by atoms with van der Waals surface area (Å²) in [4.78, 5) is 7.51. The molecule has 2 nitrogen and oxygen atoms in total. The molecule has 0 aliphatic carbocycles. The van der Waals surface area contributed by atoms with Gasteiger partial charge in [-0.15, -0.1) is 0 Å². The van der Waals surface area contributed by atoms with Gasteiger partial charge in [0.05, 0.1) is 16.9 Å². The molecule has 4 heteroatoms. The number of aryl methyl sites for hydroxylation is 1. The van der Waals surface area contributed by atoms with Crippen molar-refractivity contribution >= 4 is 27.5 Å². The van der Waals surface area contributed by atoms with E-state index in [1.165, 1.54) is 0 Å². The van der Waals surface area contributed by atoms with Gasteiger partial charge in [0.25, 0.3) is 0 Å². The van der Waals surface area contributed by atoms with Gasteiger partial charge in [0.15, 0.2) is 0 Å². The first-order valence-electron chi connectivity index (χ1n) is 4.70. The van der Waals surface area contributed by atoms with E-state index in [1.54, 1.807) is 0 Å². The van der Waals surface area contributed by atoms with Crippen molar-refractivity contribution in [1.82, 2.24) is 9.97 Å². The normalized spacial score (nSPS) is 10.6. The van der Waals surface area contributed by atoms with Gasteiger partial charge in [-0.1, -0.05) is 24.6 Å². The number of nitrogens with zero attached hydrogens (tertiary/aromatic N) is 1. The molecule has 1 N–H and O–H groups in total. The molecule has 0 radical (unpaired) electrons. The zero-order chi connectivity index (χ0) is 10.8. The highest BCUT2D eigenvalue weighted by molar-refractivity contribution is 9.10. The molecule has 0 spiro atoms. The number of aromatic nitrogens is 2. The van der Waals surface area contributed by atoms with Crippen LogP contribution in [-0.4, -0.2) is 9.97 Å². The molecule has 0 fully saturated rings. The summed E-state index contributed by atoms with van der Waals surface area (Å²) in [6.07, 6.45) is 2.75. The standard InChI is InChI=1S/C11H10BrClN2/c1-2-11-14-6-10(15-11)7-3-4-9(13)8(12)5-7/h3-6H,2H2,1H3,(H,14,15). The lowest BCUT2D eigenvalue weighted by molar-refractivity contribution is 0.991. The molecule has 0 aliphatic rings. The van der Waals surface area contributed by atoms with Gasteiger partial charge in [-0.3, -0.25) is 0 Å². The van der Waals surface area contributed by atoms with Crippen LogP contribution < -0.4 is 0 Å². The molecule has 0 amide bonds. The highest BCUT2D eigenvalue weighted by Crippen LogP contribution is 2.27. The molecule has 0 unspecified atom stereocenters. The molecule has 0 bridgehead atoms. The van der Waals surface area contributed by atoms with Crippen LogP contribution in [0.4, 0.5) is 0 Å². The summed E-state index contributed by atoms with van der Waals surface area (Å²) in [5, 5.41) is 0.717. The molecule has 0 saturated heterocycles. The number of aromatic amines is 1. The van der Waals surface area contributed by atoms with Gasteiger partial charge in [-0.25, -0.2) is 4.98 Å².